The average Bonchev–Trinajstić information content (AvgIpc) is 3.25. The average molecular weight is 302 g/mol. The van der Waals surface area contributed by atoms with E-state index in [-0.39, 0.29) is 5.97 Å². The van der Waals surface area contributed by atoms with Gasteiger partial charge in [0.25, 0.3) is 0 Å². The van der Waals surface area contributed by atoms with E-state index in [1.807, 2.05) is 45.9 Å². The predicted molar refractivity (Wildman–Crippen MR) is 85.5 cm³/mol. The molecule has 0 radical (unpaired) electrons. The number of esters is 1. The molecule has 1 saturated heterocycles. The van der Waals surface area contributed by atoms with Crippen LogP contribution in [-0.2, 0) is 14.0 Å². The molecule has 22 heavy (non-hydrogen) atoms. The smallest absolute Gasteiger partial charge is 0.465 e. The molecule has 0 atom stereocenters. The van der Waals surface area contributed by atoms with Gasteiger partial charge in [0.2, 0.25) is 0 Å². The summed E-state index contributed by atoms with van der Waals surface area (Å²) in [7, 11) is 0.960. The van der Waals surface area contributed by atoms with Crippen LogP contribution in [0, 0.1) is 0 Å². The van der Waals surface area contributed by atoms with Crippen molar-refractivity contribution in [3.63, 3.8) is 0 Å². The minimum absolute atomic E-state index is 0.291. The van der Waals surface area contributed by atoms with Gasteiger partial charge in [-0.1, -0.05) is 12.1 Å². The Morgan fingerprint density at radius 2 is 1.77 bits per heavy atom. The van der Waals surface area contributed by atoms with Crippen molar-refractivity contribution in [2.75, 3.05) is 7.11 Å². The van der Waals surface area contributed by atoms with E-state index in [0.29, 0.717) is 11.5 Å². The van der Waals surface area contributed by atoms with Crippen molar-refractivity contribution in [1.29, 1.82) is 0 Å². The van der Waals surface area contributed by atoms with Gasteiger partial charge in [0, 0.05) is 0 Å². The van der Waals surface area contributed by atoms with Gasteiger partial charge in [-0.05, 0) is 63.5 Å². The van der Waals surface area contributed by atoms with Gasteiger partial charge in [0.15, 0.2) is 0 Å². The first kappa shape index (κ1) is 15.6. The van der Waals surface area contributed by atoms with Gasteiger partial charge in [-0.2, -0.15) is 0 Å². The standard InChI is InChI=1S/C17H23BO4/c1-16(2)17(3,4)22-18(21-16)12-8-9-13(11-6-7-11)14(10-12)15(19)20-5/h8-11H,6-7H2,1-5H3. The lowest BCUT2D eigenvalue weighted by atomic mass is 9.77. The van der Waals surface area contributed by atoms with E-state index in [1.165, 1.54) is 7.11 Å². The van der Waals surface area contributed by atoms with Crippen molar-refractivity contribution < 1.29 is 18.8 Å². The largest absolute Gasteiger partial charge is 0.494 e. The Balaban J connectivity index is 1.94. The minimum atomic E-state index is -0.457. The highest BCUT2D eigenvalue weighted by Crippen LogP contribution is 2.42. The Labute approximate surface area is 132 Å². The van der Waals surface area contributed by atoms with Crippen LogP contribution in [0.15, 0.2) is 18.2 Å². The molecule has 0 unspecified atom stereocenters. The maximum Gasteiger partial charge on any atom is 0.494 e. The molecule has 0 N–H and O–H groups in total. The Hall–Kier alpha value is -1.33. The third-order valence-electron chi connectivity index (χ3n) is 5.03. The third kappa shape index (κ3) is 2.57. The van der Waals surface area contributed by atoms with Crippen LogP contribution in [0.3, 0.4) is 0 Å². The highest BCUT2D eigenvalue weighted by Gasteiger charge is 2.51. The molecule has 4 nitrogen and oxygen atoms in total. The number of hydrogen-bond acceptors (Lipinski definition) is 4. The first-order chi connectivity index (χ1) is 10.2. The second-order valence-electron chi connectivity index (χ2n) is 7.20. The second-order valence-corrected chi connectivity index (χ2v) is 7.20. The number of carbonyl (C=O) groups excluding carboxylic acids is 1. The van der Waals surface area contributed by atoms with Crippen LogP contribution >= 0.6 is 0 Å². The summed E-state index contributed by atoms with van der Waals surface area (Å²) in [6, 6.07) is 5.88. The number of methoxy groups -OCH3 is 1. The summed E-state index contributed by atoms with van der Waals surface area (Å²) in [5.74, 6) is 0.196. The molecule has 118 valence electrons. The molecule has 0 aromatic heterocycles. The summed E-state index contributed by atoms with van der Waals surface area (Å²) < 4.78 is 17.1. The molecule has 2 aliphatic rings. The van der Waals surface area contributed by atoms with Crippen LogP contribution in [0.5, 0.6) is 0 Å². The Morgan fingerprint density at radius 3 is 2.27 bits per heavy atom. The van der Waals surface area contributed by atoms with Gasteiger partial charge in [-0.3, -0.25) is 0 Å². The molecule has 1 heterocycles. The molecule has 1 aromatic rings. The molecule has 0 bridgehead atoms. The van der Waals surface area contributed by atoms with E-state index in [2.05, 4.69) is 0 Å². The topological polar surface area (TPSA) is 44.8 Å². The third-order valence-corrected chi connectivity index (χ3v) is 5.03. The summed E-state index contributed by atoms with van der Waals surface area (Å²) in [5.41, 5.74) is 1.80. The molecule has 0 amide bonds. The molecule has 2 fully saturated rings. The number of hydrogen-bond donors (Lipinski definition) is 0. The highest BCUT2D eigenvalue weighted by atomic mass is 16.7. The van der Waals surface area contributed by atoms with Crippen LogP contribution in [0.4, 0.5) is 0 Å². The fourth-order valence-corrected chi connectivity index (χ4v) is 2.74. The molecule has 3 rings (SSSR count). The zero-order chi connectivity index (χ0) is 16.1. The molecule has 1 saturated carbocycles. The van der Waals surface area contributed by atoms with Crippen LogP contribution < -0.4 is 5.46 Å². The Kier molecular flexibility index (Phi) is 3.61. The normalized spacial score (nSPS) is 22.7. The molecule has 1 aromatic carbocycles. The lowest BCUT2D eigenvalue weighted by Crippen LogP contribution is -2.41. The van der Waals surface area contributed by atoms with E-state index in [1.54, 1.807) is 0 Å². The zero-order valence-electron chi connectivity index (χ0n) is 13.9. The number of carbonyl (C=O) groups is 1. The van der Waals surface area contributed by atoms with Gasteiger partial charge in [-0.15, -0.1) is 0 Å². The maximum atomic E-state index is 12.1. The van der Waals surface area contributed by atoms with Gasteiger partial charge in [-0.25, -0.2) is 4.79 Å². The van der Waals surface area contributed by atoms with E-state index < -0.39 is 18.3 Å². The molecule has 1 aliphatic heterocycles. The summed E-state index contributed by atoms with van der Waals surface area (Å²) >= 11 is 0. The summed E-state index contributed by atoms with van der Waals surface area (Å²) in [6.45, 7) is 8.08. The molecule has 0 spiro atoms. The fourth-order valence-electron chi connectivity index (χ4n) is 2.74. The lowest BCUT2D eigenvalue weighted by molar-refractivity contribution is 0.00578. The van der Waals surface area contributed by atoms with Gasteiger partial charge in [0.1, 0.15) is 0 Å². The summed E-state index contributed by atoms with van der Waals surface area (Å²) in [6.07, 6.45) is 2.28. The number of rotatable bonds is 3. The van der Waals surface area contributed by atoms with Crippen molar-refractivity contribution >= 4 is 18.6 Å². The van der Waals surface area contributed by atoms with E-state index in [9.17, 15) is 4.79 Å². The van der Waals surface area contributed by atoms with Gasteiger partial charge in [0.05, 0.1) is 23.9 Å². The minimum Gasteiger partial charge on any atom is -0.465 e. The summed E-state index contributed by atoms with van der Waals surface area (Å²) in [5, 5.41) is 0. The van der Waals surface area contributed by atoms with Crippen molar-refractivity contribution in [2.24, 2.45) is 0 Å². The van der Waals surface area contributed by atoms with Crippen molar-refractivity contribution in [3.8, 4) is 0 Å². The summed E-state index contributed by atoms with van der Waals surface area (Å²) in [4.78, 5) is 12.1. The quantitative estimate of drug-likeness (QED) is 0.636. The van der Waals surface area contributed by atoms with Crippen LogP contribution in [-0.4, -0.2) is 31.4 Å². The van der Waals surface area contributed by atoms with Gasteiger partial charge < -0.3 is 14.0 Å². The van der Waals surface area contributed by atoms with E-state index >= 15 is 0 Å². The van der Waals surface area contributed by atoms with Crippen molar-refractivity contribution in [1.82, 2.24) is 0 Å². The molecule has 1 aliphatic carbocycles. The molecular weight excluding hydrogens is 279 g/mol. The maximum absolute atomic E-state index is 12.1. The van der Waals surface area contributed by atoms with E-state index in [4.69, 9.17) is 14.0 Å². The first-order valence-corrected chi connectivity index (χ1v) is 7.83. The Bertz CT molecular complexity index is 589. The second kappa shape index (κ2) is 5.10. The molecular formula is C17H23BO4. The lowest BCUT2D eigenvalue weighted by Gasteiger charge is -2.32. The number of benzene rings is 1. The molecule has 5 heteroatoms. The fraction of sp³-hybridized carbons (Fsp3) is 0.588. The Morgan fingerprint density at radius 1 is 1.18 bits per heavy atom. The monoisotopic (exact) mass is 302 g/mol. The number of ether oxygens (including phenoxy) is 1. The van der Waals surface area contributed by atoms with E-state index in [0.717, 1.165) is 23.9 Å². The predicted octanol–water partition coefficient (Wildman–Crippen LogP) is 2.65. The van der Waals surface area contributed by atoms with Crippen LogP contribution in [0.2, 0.25) is 0 Å². The zero-order valence-corrected chi connectivity index (χ0v) is 13.9. The van der Waals surface area contributed by atoms with Crippen molar-refractivity contribution in [3.05, 3.63) is 29.3 Å². The van der Waals surface area contributed by atoms with Crippen molar-refractivity contribution in [2.45, 2.75) is 57.7 Å². The van der Waals surface area contributed by atoms with Crippen LogP contribution in [0.25, 0.3) is 0 Å². The van der Waals surface area contributed by atoms with Crippen LogP contribution in [0.1, 0.15) is 62.4 Å². The SMILES string of the molecule is COC(=O)c1cc(B2OC(C)(C)C(C)(C)O2)ccc1C1CC1. The van der Waals surface area contributed by atoms with Gasteiger partial charge >= 0.3 is 13.1 Å². The highest BCUT2D eigenvalue weighted by molar-refractivity contribution is 6.62. The first-order valence-electron chi connectivity index (χ1n) is 7.83.